The van der Waals surface area contributed by atoms with Gasteiger partial charge in [-0.25, -0.2) is 0 Å². The number of hydrogen-bond acceptors (Lipinski definition) is 4. The van der Waals surface area contributed by atoms with Gasteiger partial charge in [0.1, 0.15) is 11.2 Å². The second-order valence-electron chi connectivity index (χ2n) is 21.9. The second kappa shape index (κ2) is 16.4. The molecule has 0 saturated carbocycles. The maximum absolute atomic E-state index is 5.84. The second-order valence-corrected chi connectivity index (χ2v) is 21.9. The molecule has 0 aliphatic carbocycles. The topological polar surface area (TPSA) is 32.8 Å². The van der Waals surface area contributed by atoms with Crippen LogP contribution in [0.3, 0.4) is 0 Å². The minimum atomic E-state index is -0.119. The zero-order chi connectivity index (χ0) is 49.0. The summed E-state index contributed by atoms with van der Waals surface area (Å²) in [5, 5.41) is 2.18. The summed E-state index contributed by atoms with van der Waals surface area (Å²) in [6.07, 6.45) is 3.56. The molecule has 2 aliphatic rings. The van der Waals surface area contributed by atoms with Crippen LogP contribution >= 0.6 is 0 Å². The van der Waals surface area contributed by atoms with Crippen molar-refractivity contribution in [3.05, 3.63) is 223 Å². The van der Waals surface area contributed by atoms with Crippen molar-refractivity contribution in [2.75, 3.05) is 9.80 Å². The molecular formula is C67H55BN2O2. The number of rotatable bonds is 6. The van der Waals surface area contributed by atoms with E-state index in [0.29, 0.717) is 0 Å². The molecule has 0 radical (unpaired) electrons. The summed E-state index contributed by atoms with van der Waals surface area (Å²) in [6.45, 7) is 16.0. The fourth-order valence-electron chi connectivity index (χ4n) is 11.4. The lowest BCUT2D eigenvalue weighted by atomic mass is 9.33. The fourth-order valence-corrected chi connectivity index (χ4v) is 11.4. The van der Waals surface area contributed by atoms with E-state index in [4.69, 9.17) is 8.83 Å². The van der Waals surface area contributed by atoms with Crippen molar-refractivity contribution in [2.45, 2.75) is 59.3 Å². The summed E-state index contributed by atoms with van der Waals surface area (Å²) in [5.41, 5.74) is 25.6. The average molecular weight is 931 g/mol. The van der Waals surface area contributed by atoms with Gasteiger partial charge >= 0.3 is 0 Å². The minimum absolute atomic E-state index is 0.0521. The van der Waals surface area contributed by atoms with Gasteiger partial charge in [0.25, 0.3) is 6.71 Å². The van der Waals surface area contributed by atoms with Crippen LogP contribution in [0.15, 0.2) is 215 Å². The van der Waals surface area contributed by atoms with Crippen molar-refractivity contribution >= 4 is 79.2 Å². The smallest absolute Gasteiger partial charge is 0.252 e. The van der Waals surface area contributed by atoms with E-state index in [1.54, 1.807) is 12.5 Å². The number of nitrogens with zero attached hydrogens (tertiary/aromatic N) is 2. The molecule has 2 aliphatic heterocycles. The van der Waals surface area contributed by atoms with Gasteiger partial charge in [0.15, 0.2) is 0 Å². The van der Waals surface area contributed by atoms with E-state index in [0.717, 1.165) is 55.6 Å². The molecule has 72 heavy (non-hydrogen) atoms. The van der Waals surface area contributed by atoms with Crippen LogP contribution in [0.1, 0.15) is 58.2 Å². The molecule has 5 heteroatoms. The van der Waals surface area contributed by atoms with Crippen LogP contribution in [0.25, 0.3) is 66.4 Å². The number of aryl methyl sites for hydroxylation is 1. The number of benzene rings is 9. The largest absolute Gasteiger partial charge is 0.464 e. The lowest BCUT2D eigenvalue weighted by molar-refractivity contribution is 0.590. The summed E-state index contributed by atoms with van der Waals surface area (Å²) in [5.74, 6) is 0. The van der Waals surface area contributed by atoms with Crippen LogP contribution in [-0.2, 0) is 10.8 Å². The van der Waals surface area contributed by atoms with Crippen LogP contribution in [0.2, 0.25) is 0 Å². The van der Waals surface area contributed by atoms with Gasteiger partial charge in [-0.3, -0.25) is 0 Å². The van der Waals surface area contributed by atoms with E-state index in [2.05, 4.69) is 252 Å². The van der Waals surface area contributed by atoms with Crippen LogP contribution in [0.4, 0.5) is 34.1 Å². The van der Waals surface area contributed by atoms with Crippen molar-refractivity contribution in [3.8, 4) is 44.5 Å². The van der Waals surface area contributed by atoms with Gasteiger partial charge in [-0.2, -0.15) is 0 Å². The van der Waals surface area contributed by atoms with Gasteiger partial charge in [0.2, 0.25) is 0 Å². The third-order valence-corrected chi connectivity index (χ3v) is 15.2. The van der Waals surface area contributed by atoms with Crippen LogP contribution < -0.4 is 26.2 Å². The van der Waals surface area contributed by atoms with E-state index in [1.165, 1.54) is 78.1 Å². The predicted octanol–water partition coefficient (Wildman–Crippen LogP) is 16.8. The average Bonchev–Trinajstić information content (AvgIpc) is 4.08. The van der Waals surface area contributed by atoms with E-state index in [9.17, 15) is 0 Å². The molecule has 0 bridgehead atoms. The third kappa shape index (κ3) is 7.21. The monoisotopic (exact) mass is 930 g/mol. The third-order valence-electron chi connectivity index (χ3n) is 15.2. The normalized spacial score (nSPS) is 13.1. The van der Waals surface area contributed by atoms with E-state index < -0.39 is 0 Å². The van der Waals surface area contributed by atoms with Crippen molar-refractivity contribution in [1.29, 1.82) is 0 Å². The van der Waals surface area contributed by atoms with Crippen molar-refractivity contribution in [2.24, 2.45) is 0 Å². The zero-order valence-electron chi connectivity index (χ0n) is 41.9. The summed E-state index contributed by atoms with van der Waals surface area (Å²) >= 11 is 0. The maximum atomic E-state index is 5.84. The number of hydrogen-bond donors (Lipinski definition) is 0. The fraction of sp³-hybridized carbons (Fsp3) is 0.134. The Balaban J connectivity index is 1.14. The van der Waals surface area contributed by atoms with Gasteiger partial charge in [-0.1, -0.05) is 151 Å². The first kappa shape index (κ1) is 43.7. The lowest BCUT2D eigenvalue weighted by Gasteiger charge is -2.45. The Hall–Kier alpha value is -8.28. The maximum Gasteiger partial charge on any atom is 0.252 e. The van der Waals surface area contributed by atoms with Gasteiger partial charge < -0.3 is 18.6 Å². The molecule has 11 aromatic rings. The molecule has 0 amide bonds. The van der Waals surface area contributed by atoms with E-state index in [-0.39, 0.29) is 17.5 Å². The number of anilines is 6. The SMILES string of the molecule is Cc1cc2c3c(c1)N(c1ccc(C(C)(C)C)cc1-c1ccccc1)c1ccc(-c4ccc5occc5c4)cc1B3c1cc(-c3ccc4occc4c3)ccc1N2c1ccc(C(C)(C)C)cc1-c1ccccc1. The Morgan fingerprint density at radius 2 is 0.764 bits per heavy atom. The highest BCUT2D eigenvalue weighted by atomic mass is 16.3. The Labute approximate surface area is 422 Å². The zero-order valence-corrected chi connectivity index (χ0v) is 41.9. The Morgan fingerprint density at radius 3 is 1.19 bits per heavy atom. The van der Waals surface area contributed by atoms with E-state index >= 15 is 0 Å². The van der Waals surface area contributed by atoms with Crippen LogP contribution in [0.5, 0.6) is 0 Å². The van der Waals surface area contributed by atoms with Gasteiger partial charge in [0, 0.05) is 44.6 Å². The molecule has 2 aromatic heterocycles. The molecule has 13 rings (SSSR count). The van der Waals surface area contributed by atoms with Crippen LogP contribution in [-0.4, -0.2) is 6.71 Å². The molecule has 4 heterocycles. The van der Waals surface area contributed by atoms with Crippen molar-refractivity contribution in [1.82, 2.24) is 0 Å². The van der Waals surface area contributed by atoms with Gasteiger partial charge in [-0.15, -0.1) is 0 Å². The first-order chi connectivity index (χ1) is 34.9. The summed E-state index contributed by atoms with van der Waals surface area (Å²) < 4.78 is 11.7. The van der Waals surface area contributed by atoms with Gasteiger partial charge in [-0.05, 0) is 169 Å². The molecule has 348 valence electrons. The Morgan fingerprint density at radius 1 is 0.361 bits per heavy atom. The highest BCUT2D eigenvalue weighted by molar-refractivity contribution is 7.00. The first-order valence-corrected chi connectivity index (χ1v) is 25.2. The Bertz CT molecular complexity index is 3670. The molecule has 0 saturated heterocycles. The predicted molar refractivity (Wildman–Crippen MR) is 304 cm³/mol. The molecule has 0 unspecified atom stereocenters. The summed E-state index contributed by atoms with van der Waals surface area (Å²) in [4.78, 5) is 5.16. The summed E-state index contributed by atoms with van der Waals surface area (Å²) in [7, 11) is 0. The number of fused-ring (bicyclic) bond motifs is 6. The molecule has 0 atom stereocenters. The standard InChI is InChI=1S/C67H55BN2O2/c1-42-34-61-65-62(35-42)70(58-27-23-52(67(5,6)7)41-54(58)44-16-12-9-13-17-44)60-25-19-48(46-21-29-64-50(37-46)31-33-72-64)39-56(60)68(65)55-38-47(45-20-28-63-49(36-45)30-32-71-63)18-24-59(55)69(61)57-26-22-51(66(2,3)4)40-53(57)43-14-10-8-11-15-43/h8-41H,1-7H3. The highest BCUT2D eigenvalue weighted by Crippen LogP contribution is 2.50. The molecule has 0 fully saturated rings. The number of furan rings is 2. The Kier molecular flexibility index (Phi) is 9.96. The van der Waals surface area contributed by atoms with Gasteiger partial charge in [0.05, 0.1) is 23.9 Å². The van der Waals surface area contributed by atoms with Crippen LogP contribution in [0, 0.1) is 6.92 Å². The molecule has 0 spiro atoms. The minimum Gasteiger partial charge on any atom is -0.464 e. The molecule has 0 N–H and O–H groups in total. The van der Waals surface area contributed by atoms with E-state index in [1.807, 2.05) is 0 Å². The quantitative estimate of drug-likeness (QED) is 0.156. The first-order valence-electron chi connectivity index (χ1n) is 25.2. The molecular weight excluding hydrogens is 876 g/mol. The summed E-state index contributed by atoms with van der Waals surface area (Å²) in [6, 6.07) is 72.6. The molecule has 4 nitrogen and oxygen atoms in total. The molecule has 9 aromatic carbocycles. The van der Waals surface area contributed by atoms with Crippen molar-refractivity contribution in [3.63, 3.8) is 0 Å². The highest BCUT2D eigenvalue weighted by Gasteiger charge is 2.45. The van der Waals surface area contributed by atoms with Crippen molar-refractivity contribution < 1.29 is 8.83 Å². The lowest BCUT2D eigenvalue weighted by Crippen LogP contribution is -2.61.